The van der Waals surface area contributed by atoms with Gasteiger partial charge in [0.15, 0.2) is 6.61 Å². The summed E-state index contributed by atoms with van der Waals surface area (Å²) in [5.74, 6) is -0.149. The molecule has 1 atom stereocenters. The highest BCUT2D eigenvalue weighted by molar-refractivity contribution is 5.78. The first-order chi connectivity index (χ1) is 9.25. The third-order valence-electron chi connectivity index (χ3n) is 3.18. The number of nitrogens with one attached hydrogen (secondary N) is 1. The maximum absolute atomic E-state index is 13.2. The number of amides is 1. The molecule has 0 unspecified atom stereocenters. The fourth-order valence-corrected chi connectivity index (χ4v) is 1.65. The van der Waals surface area contributed by atoms with Crippen LogP contribution < -0.4 is 15.8 Å². The SMILES string of the molecule is CCC(C)(C)NC(=O)COc1ccc(F)cc1[C@@H](C)N. The summed E-state index contributed by atoms with van der Waals surface area (Å²) >= 11 is 0. The van der Waals surface area contributed by atoms with Crippen molar-refractivity contribution in [2.24, 2.45) is 5.73 Å². The van der Waals surface area contributed by atoms with Gasteiger partial charge in [-0.2, -0.15) is 0 Å². The van der Waals surface area contributed by atoms with E-state index < -0.39 is 0 Å². The molecule has 0 aromatic heterocycles. The van der Waals surface area contributed by atoms with Crippen LogP contribution in [0.3, 0.4) is 0 Å². The Morgan fingerprint density at radius 1 is 1.50 bits per heavy atom. The van der Waals surface area contributed by atoms with Crippen LogP contribution in [0.5, 0.6) is 5.75 Å². The van der Waals surface area contributed by atoms with Crippen LogP contribution in [0.1, 0.15) is 45.7 Å². The fourth-order valence-electron chi connectivity index (χ4n) is 1.65. The van der Waals surface area contributed by atoms with Crippen LogP contribution >= 0.6 is 0 Å². The fraction of sp³-hybridized carbons (Fsp3) is 0.533. The van der Waals surface area contributed by atoms with Crippen molar-refractivity contribution in [1.29, 1.82) is 0 Å². The van der Waals surface area contributed by atoms with Crippen LogP contribution in [0, 0.1) is 5.82 Å². The number of halogens is 1. The molecule has 1 aromatic carbocycles. The molecule has 0 radical (unpaired) electrons. The standard InChI is InChI=1S/C15H23FN2O2/c1-5-15(3,4)18-14(19)9-20-13-7-6-11(16)8-12(13)10(2)17/h6-8,10H,5,9,17H2,1-4H3,(H,18,19)/t10-/m1/s1. The van der Waals surface area contributed by atoms with Crippen molar-refractivity contribution >= 4 is 5.91 Å². The van der Waals surface area contributed by atoms with Crippen molar-refractivity contribution in [3.63, 3.8) is 0 Å². The summed E-state index contributed by atoms with van der Waals surface area (Å²) in [4.78, 5) is 11.8. The second-order valence-electron chi connectivity index (χ2n) is 5.55. The molecule has 0 aliphatic carbocycles. The molecule has 3 N–H and O–H groups in total. The molecule has 20 heavy (non-hydrogen) atoms. The third-order valence-corrected chi connectivity index (χ3v) is 3.18. The van der Waals surface area contributed by atoms with Gasteiger partial charge in [0.1, 0.15) is 11.6 Å². The lowest BCUT2D eigenvalue weighted by molar-refractivity contribution is -0.124. The predicted octanol–water partition coefficient (Wildman–Crippen LogP) is 2.53. The minimum atomic E-state index is -0.374. The van der Waals surface area contributed by atoms with Gasteiger partial charge in [-0.15, -0.1) is 0 Å². The van der Waals surface area contributed by atoms with Crippen LogP contribution in [0.15, 0.2) is 18.2 Å². The zero-order valence-corrected chi connectivity index (χ0v) is 12.5. The molecule has 0 spiro atoms. The van der Waals surface area contributed by atoms with Crippen molar-refractivity contribution in [3.05, 3.63) is 29.6 Å². The largest absolute Gasteiger partial charge is 0.483 e. The van der Waals surface area contributed by atoms with Gasteiger partial charge in [-0.05, 0) is 45.4 Å². The minimum absolute atomic E-state index is 0.116. The molecule has 0 aliphatic heterocycles. The minimum Gasteiger partial charge on any atom is -0.483 e. The summed E-state index contributed by atoms with van der Waals surface area (Å²) in [7, 11) is 0. The maximum Gasteiger partial charge on any atom is 0.258 e. The molecule has 1 rings (SSSR count). The topological polar surface area (TPSA) is 64.3 Å². The van der Waals surface area contributed by atoms with Crippen molar-refractivity contribution in [3.8, 4) is 5.75 Å². The monoisotopic (exact) mass is 282 g/mol. The summed E-state index contributed by atoms with van der Waals surface area (Å²) in [5, 5.41) is 2.87. The van der Waals surface area contributed by atoms with Crippen LogP contribution in [-0.2, 0) is 4.79 Å². The average Bonchev–Trinajstić information content (AvgIpc) is 2.36. The van der Waals surface area contributed by atoms with Crippen LogP contribution in [0.2, 0.25) is 0 Å². The van der Waals surface area contributed by atoms with E-state index in [4.69, 9.17) is 10.5 Å². The van der Waals surface area contributed by atoms with Gasteiger partial charge in [-0.25, -0.2) is 4.39 Å². The molecule has 0 saturated heterocycles. The van der Waals surface area contributed by atoms with Crippen LogP contribution in [0.25, 0.3) is 0 Å². The highest BCUT2D eigenvalue weighted by Crippen LogP contribution is 2.24. The first-order valence-electron chi connectivity index (χ1n) is 6.74. The molecular weight excluding hydrogens is 259 g/mol. The van der Waals surface area contributed by atoms with Gasteiger partial charge in [0, 0.05) is 17.1 Å². The number of carbonyl (C=O) groups excluding carboxylic acids is 1. The van der Waals surface area contributed by atoms with Gasteiger partial charge in [0.25, 0.3) is 5.91 Å². The third kappa shape index (κ3) is 4.81. The summed E-state index contributed by atoms with van der Waals surface area (Å²) < 4.78 is 18.6. The summed E-state index contributed by atoms with van der Waals surface area (Å²) in [6.07, 6.45) is 0.820. The highest BCUT2D eigenvalue weighted by atomic mass is 19.1. The van der Waals surface area contributed by atoms with Crippen molar-refractivity contribution in [2.45, 2.75) is 45.7 Å². The number of benzene rings is 1. The highest BCUT2D eigenvalue weighted by Gasteiger charge is 2.18. The average molecular weight is 282 g/mol. The lowest BCUT2D eigenvalue weighted by Crippen LogP contribution is -2.44. The van der Waals surface area contributed by atoms with Crippen LogP contribution in [-0.4, -0.2) is 18.1 Å². The summed E-state index contributed by atoms with van der Waals surface area (Å²) in [6, 6.07) is 3.74. The Kier molecular flexibility index (Phi) is 5.51. The number of hydrogen-bond acceptors (Lipinski definition) is 3. The first kappa shape index (κ1) is 16.4. The molecule has 5 heteroatoms. The smallest absolute Gasteiger partial charge is 0.258 e. The van der Waals surface area contributed by atoms with E-state index in [1.807, 2.05) is 20.8 Å². The number of rotatable bonds is 6. The Morgan fingerprint density at radius 2 is 2.15 bits per heavy atom. The van der Waals surface area contributed by atoms with E-state index in [-0.39, 0.29) is 29.9 Å². The van der Waals surface area contributed by atoms with Gasteiger partial charge in [-0.1, -0.05) is 6.92 Å². The maximum atomic E-state index is 13.2. The van der Waals surface area contributed by atoms with Crippen molar-refractivity contribution in [2.75, 3.05) is 6.61 Å². The van der Waals surface area contributed by atoms with E-state index in [0.717, 1.165) is 6.42 Å². The van der Waals surface area contributed by atoms with Gasteiger partial charge >= 0.3 is 0 Å². The summed E-state index contributed by atoms with van der Waals surface area (Å²) in [6.45, 7) is 7.50. The Labute approximate surface area is 119 Å². The first-order valence-corrected chi connectivity index (χ1v) is 6.74. The van der Waals surface area contributed by atoms with E-state index in [2.05, 4.69) is 5.32 Å². The number of nitrogens with two attached hydrogens (primary N) is 1. The van der Waals surface area contributed by atoms with Gasteiger partial charge in [-0.3, -0.25) is 4.79 Å². The molecule has 0 heterocycles. The molecule has 0 aliphatic rings. The molecule has 1 aromatic rings. The second kappa shape index (κ2) is 6.70. The van der Waals surface area contributed by atoms with E-state index >= 15 is 0 Å². The normalized spacial score (nSPS) is 12.9. The Hall–Kier alpha value is -1.62. The van der Waals surface area contributed by atoms with Crippen molar-refractivity contribution < 1.29 is 13.9 Å². The van der Waals surface area contributed by atoms with Gasteiger partial charge in [0.2, 0.25) is 0 Å². The Morgan fingerprint density at radius 3 is 2.70 bits per heavy atom. The summed E-state index contributed by atoms with van der Waals surface area (Å²) in [5.41, 5.74) is 6.04. The molecule has 1 amide bonds. The Balaban J connectivity index is 2.68. The van der Waals surface area contributed by atoms with Crippen molar-refractivity contribution in [1.82, 2.24) is 5.32 Å². The van der Waals surface area contributed by atoms with Gasteiger partial charge in [0.05, 0.1) is 0 Å². The molecule has 0 bridgehead atoms. The lowest BCUT2D eigenvalue weighted by atomic mass is 10.0. The molecule has 4 nitrogen and oxygen atoms in total. The second-order valence-corrected chi connectivity index (χ2v) is 5.55. The quantitative estimate of drug-likeness (QED) is 0.842. The number of carbonyl (C=O) groups is 1. The van der Waals surface area contributed by atoms with Crippen LogP contribution in [0.4, 0.5) is 4.39 Å². The van der Waals surface area contributed by atoms with E-state index in [0.29, 0.717) is 11.3 Å². The van der Waals surface area contributed by atoms with E-state index in [9.17, 15) is 9.18 Å². The lowest BCUT2D eigenvalue weighted by Gasteiger charge is -2.24. The van der Waals surface area contributed by atoms with Gasteiger partial charge < -0.3 is 15.8 Å². The predicted molar refractivity (Wildman–Crippen MR) is 77.0 cm³/mol. The molecule has 0 saturated carbocycles. The zero-order chi connectivity index (χ0) is 15.3. The number of ether oxygens (including phenoxy) is 1. The Bertz CT molecular complexity index is 473. The molecule has 0 fully saturated rings. The molecular formula is C15H23FN2O2. The van der Waals surface area contributed by atoms with E-state index in [1.165, 1.54) is 18.2 Å². The zero-order valence-electron chi connectivity index (χ0n) is 12.5. The molecule has 112 valence electrons. The van der Waals surface area contributed by atoms with E-state index in [1.54, 1.807) is 6.92 Å². The number of hydrogen-bond donors (Lipinski definition) is 2.